The van der Waals surface area contributed by atoms with Gasteiger partial charge in [0.1, 0.15) is 11.4 Å². The van der Waals surface area contributed by atoms with Gasteiger partial charge in [-0.25, -0.2) is 8.93 Å². The largest absolute Gasteiger partial charge is 0.433 e. The summed E-state index contributed by atoms with van der Waals surface area (Å²) in [7, 11) is -1.32. The van der Waals surface area contributed by atoms with Crippen molar-refractivity contribution in [3.05, 3.63) is 35.9 Å². The van der Waals surface area contributed by atoms with Gasteiger partial charge < -0.3 is 4.52 Å². The molecular formula is C15H18F3N3O2S. The van der Waals surface area contributed by atoms with Gasteiger partial charge in [0.25, 0.3) is 0 Å². The van der Waals surface area contributed by atoms with Gasteiger partial charge in [-0.05, 0) is 39.8 Å². The first-order valence-electron chi connectivity index (χ1n) is 7.17. The number of nitrogens with one attached hydrogen (secondary N) is 1. The Morgan fingerprint density at radius 1 is 1.25 bits per heavy atom. The third kappa shape index (κ3) is 4.41. The second kappa shape index (κ2) is 6.64. The Hall–Kier alpha value is -1.74. The number of hydrogen-bond donors (Lipinski definition) is 1. The van der Waals surface area contributed by atoms with E-state index in [9.17, 15) is 17.4 Å². The highest BCUT2D eigenvalue weighted by Crippen LogP contribution is 2.31. The molecule has 0 unspecified atom stereocenters. The molecule has 0 saturated heterocycles. The van der Waals surface area contributed by atoms with Crippen molar-refractivity contribution < 1.29 is 21.9 Å². The molecule has 1 N–H and O–H groups in total. The Morgan fingerprint density at radius 3 is 2.50 bits per heavy atom. The highest BCUT2D eigenvalue weighted by atomic mass is 32.2. The highest BCUT2D eigenvalue weighted by molar-refractivity contribution is 7.84. The number of hydrogen-bond acceptors (Lipinski definition) is 4. The fourth-order valence-electron chi connectivity index (χ4n) is 1.77. The van der Waals surface area contributed by atoms with E-state index in [1.165, 1.54) is 12.1 Å². The molecule has 2 rings (SSSR count). The number of halogens is 3. The van der Waals surface area contributed by atoms with Crippen LogP contribution in [0.15, 0.2) is 28.9 Å². The molecule has 2 aromatic rings. The van der Waals surface area contributed by atoms with Crippen molar-refractivity contribution in [2.45, 2.75) is 44.7 Å². The molecule has 0 bridgehead atoms. The van der Waals surface area contributed by atoms with Gasteiger partial charge in [-0.3, -0.25) is 4.98 Å². The van der Waals surface area contributed by atoms with Crippen LogP contribution < -0.4 is 4.72 Å². The second-order valence-electron chi connectivity index (χ2n) is 6.26. The fourth-order valence-corrected chi connectivity index (χ4v) is 2.56. The maximum atomic E-state index is 12.7. The number of nitrogens with zero attached hydrogens (tertiary/aromatic N) is 2. The summed E-state index contributed by atoms with van der Waals surface area (Å²) in [6.07, 6.45) is -3.45. The van der Waals surface area contributed by atoms with Crippen LogP contribution in [-0.2, 0) is 17.2 Å². The maximum absolute atomic E-state index is 12.7. The van der Waals surface area contributed by atoms with Crippen LogP contribution in [0.1, 0.15) is 45.2 Å². The van der Waals surface area contributed by atoms with E-state index < -0.39 is 33.6 Å². The zero-order valence-electron chi connectivity index (χ0n) is 13.6. The van der Waals surface area contributed by atoms with E-state index in [0.717, 1.165) is 12.3 Å². The lowest BCUT2D eigenvalue weighted by molar-refractivity contribution is -0.141. The predicted octanol–water partition coefficient (Wildman–Crippen LogP) is 3.87. The molecule has 24 heavy (non-hydrogen) atoms. The number of aromatic nitrogens is 2. The van der Waals surface area contributed by atoms with Crippen LogP contribution in [-0.4, -0.2) is 19.1 Å². The molecule has 0 aromatic carbocycles. The highest BCUT2D eigenvalue weighted by Gasteiger charge is 2.32. The Balaban J connectivity index is 2.21. The third-order valence-corrected chi connectivity index (χ3v) is 4.82. The molecule has 5 nitrogen and oxygen atoms in total. The van der Waals surface area contributed by atoms with Crippen LogP contribution in [0.3, 0.4) is 0 Å². The smallest absolute Gasteiger partial charge is 0.359 e. The third-order valence-electron chi connectivity index (χ3n) is 3.14. The average Bonchev–Trinajstić information content (AvgIpc) is 2.95. The molecule has 0 amide bonds. The topological polar surface area (TPSA) is 68.0 Å². The zero-order chi connectivity index (χ0) is 18.1. The van der Waals surface area contributed by atoms with Gasteiger partial charge >= 0.3 is 6.18 Å². The zero-order valence-corrected chi connectivity index (χ0v) is 14.5. The van der Waals surface area contributed by atoms with Crippen molar-refractivity contribution in [2.75, 3.05) is 0 Å². The molecule has 0 saturated carbocycles. The number of rotatable bonds is 4. The van der Waals surface area contributed by atoms with Crippen molar-refractivity contribution in [2.24, 2.45) is 0 Å². The normalized spacial score (nSPS) is 15.3. The molecule has 132 valence electrons. The van der Waals surface area contributed by atoms with Crippen molar-refractivity contribution in [1.82, 2.24) is 14.9 Å². The van der Waals surface area contributed by atoms with Gasteiger partial charge in [-0.15, -0.1) is 0 Å². The quantitative estimate of drug-likeness (QED) is 0.898. The Kier molecular flexibility index (Phi) is 5.14. The van der Waals surface area contributed by atoms with Gasteiger partial charge in [0.05, 0.1) is 21.8 Å². The molecule has 0 spiro atoms. The van der Waals surface area contributed by atoms with Crippen molar-refractivity contribution in [3.63, 3.8) is 0 Å². The summed E-state index contributed by atoms with van der Waals surface area (Å²) >= 11 is 0. The van der Waals surface area contributed by atoms with Crippen LogP contribution in [0, 0.1) is 0 Å². The summed E-state index contributed by atoms with van der Waals surface area (Å²) in [6, 6.07) is 3.44. The Morgan fingerprint density at radius 2 is 1.92 bits per heavy atom. The number of alkyl halides is 3. The molecular weight excluding hydrogens is 343 g/mol. The molecule has 2 atom stereocenters. The van der Waals surface area contributed by atoms with Gasteiger partial charge in [0.2, 0.25) is 0 Å². The van der Waals surface area contributed by atoms with Crippen LogP contribution in [0.4, 0.5) is 13.2 Å². The van der Waals surface area contributed by atoms with Crippen LogP contribution in [0.5, 0.6) is 0 Å². The predicted molar refractivity (Wildman–Crippen MR) is 84.2 cm³/mol. The van der Waals surface area contributed by atoms with E-state index in [1.54, 1.807) is 6.92 Å². The summed E-state index contributed by atoms with van der Waals surface area (Å²) in [5, 5.41) is 3.79. The lowest BCUT2D eigenvalue weighted by Gasteiger charge is -2.20. The maximum Gasteiger partial charge on any atom is 0.433 e. The molecule has 2 heterocycles. The Bertz CT molecular complexity index is 738. The minimum Gasteiger partial charge on any atom is -0.359 e. The minimum absolute atomic E-state index is 0.247. The van der Waals surface area contributed by atoms with Crippen LogP contribution >= 0.6 is 0 Å². The summed E-state index contributed by atoms with van der Waals surface area (Å²) in [6.45, 7) is 7.21. The SMILES string of the molecule is C[C@H](N[S@](=O)C(C)(C)C)c1cc(-c2ccnc(C(F)(F)F)c2)no1. The molecule has 2 aromatic heterocycles. The summed E-state index contributed by atoms with van der Waals surface area (Å²) in [5.41, 5.74) is -0.492. The molecule has 0 fully saturated rings. The van der Waals surface area contributed by atoms with Gasteiger partial charge in [0.15, 0.2) is 5.76 Å². The molecule has 0 aliphatic carbocycles. The van der Waals surface area contributed by atoms with Crippen LogP contribution in [0.25, 0.3) is 11.3 Å². The minimum atomic E-state index is -4.53. The van der Waals surface area contributed by atoms with E-state index in [4.69, 9.17) is 4.52 Å². The first-order chi connectivity index (χ1) is 11.0. The van der Waals surface area contributed by atoms with Gasteiger partial charge in [0, 0.05) is 17.8 Å². The van der Waals surface area contributed by atoms with E-state index in [0.29, 0.717) is 5.76 Å². The van der Waals surface area contributed by atoms with Crippen molar-refractivity contribution >= 4 is 11.0 Å². The molecule has 0 aliphatic heterocycles. The lowest BCUT2D eigenvalue weighted by atomic mass is 10.1. The summed E-state index contributed by atoms with van der Waals surface area (Å²) < 4.78 is 57.9. The lowest BCUT2D eigenvalue weighted by Crippen LogP contribution is -2.34. The molecule has 9 heteroatoms. The fraction of sp³-hybridized carbons (Fsp3) is 0.467. The second-order valence-corrected chi connectivity index (χ2v) is 8.26. The first kappa shape index (κ1) is 18.6. The van der Waals surface area contributed by atoms with Gasteiger partial charge in [-0.1, -0.05) is 5.16 Å². The van der Waals surface area contributed by atoms with Gasteiger partial charge in [-0.2, -0.15) is 13.2 Å². The summed E-state index contributed by atoms with van der Waals surface area (Å²) in [5.74, 6) is 0.382. The first-order valence-corrected chi connectivity index (χ1v) is 8.32. The monoisotopic (exact) mass is 361 g/mol. The van der Waals surface area contributed by atoms with E-state index in [1.807, 2.05) is 20.8 Å². The molecule has 0 radical (unpaired) electrons. The Labute approximate surface area is 140 Å². The standard InChI is InChI=1S/C15H18F3N3O2S/c1-9(21-24(22)14(2,3)4)12-8-11(20-23-12)10-5-6-19-13(7-10)15(16,17)18/h5-9,21H,1-4H3/t9-,24+/m0/s1. The van der Waals surface area contributed by atoms with E-state index in [-0.39, 0.29) is 11.3 Å². The van der Waals surface area contributed by atoms with E-state index in [2.05, 4.69) is 14.9 Å². The number of pyridine rings is 1. The van der Waals surface area contributed by atoms with Crippen molar-refractivity contribution in [1.29, 1.82) is 0 Å². The molecule has 0 aliphatic rings. The summed E-state index contributed by atoms with van der Waals surface area (Å²) in [4.78, 5) is 3.31. The van der Waals surface area contributed by atoms with Crippen LogP contribution in [0.2, 0.25) is 0 Å². The van der Waals surface area contributed by atoms with Crippen molar-refractivity contribution in [3.8, 4) is 11.3 Å². The van der Waals surface area contributed by atoms with E-state index >= 15 is 0 Å². The average molecular weight is 361 g/mol.